The van der Waals surface area contributed by atoms with E-state index in [9.17, 15) is 0 Å². The normalized spacial score (nSPS) is 19.4. The molecule has 0 aliphatic heterocycles. The van der Waals surface area contributed by atoms with Crippen LogP contribution in [0.2, 0.25) is 0 Å². The molecule has 0 aromatic carbocycles. The number of aliphatic hydroxyl groups excluding tert-OH is 1. The fourth-order valence-corrected chi connectivity index (χ4v) is 2.22. The molecule has 0 saturated heterocycles. The van der Waals surface area contributed by atoms with Crippen LogP contribution in [0, 0.1) is 5.41 Å². The fraction of sp³-hybridized carbons (Fsp3) is 0.600. The maximum absolute atomic E-state index is 9.09. The molecule has 1 aliphatic rings. The summed E-state index contributed by atoms with van der Waals surface area (Å²) in [6, 6.07) is 4.27. The Kier molecular flexibility index (Phi) is 2.20. The van der Waals surface area contributed by atoms with Crippen LogP contribution < -0.4 is 0 Å². The first-order valence-corrected chi connectivity index (χ1v) is 5.36. The molecule has 1 aliphatic carbocycles. The highest BCUT2D eigenvalue weighted by molar-refractivity contribution is 7.09. The number of aliphatic hydroxyl groups is 1. The average molecular weight is 182 g/mol. The van der Waals surface area contributed by atoms with Crippen molar-refractivity contribution in [2.75, 3.05) is 6.61 Å². The van der Waals surface area contributed by atoms with Crippen LogP contribution in [0.3, 0.4) is 0 Å². The molecule has 1 heterocycles. The molecule has 1 aromatic heterocycles. The van der Waals surface area contributed by atoms with Crippen LogP contribution in [-0.4, -0.2) is 11.7 Å². The van der Waals surface area contributed by atoms with E-state index in [1.54, 1.807) is 0 Å². The second-order valence-corrected chi connectivity index (χ2v) is 4.77. The molecule has 0 atom stereocenters. The number of hydrogen-bond acceptors (Lipinski definition) is 2. The highest BCUT2D eigenvalue weighted by Crippen LogP contribution is 2.48. The summed E-state index contributed by atoms with van der Waals surface area (Å²) >= 11 is 1.82. The smallest absolute Gasteiger partial charge is 0.0487 e. The van der Waals surface area contributed by atoms with Gasteiger partial charge in [-0.05, 0) is 42.5 Å². The second-order valence-electron chi connectivity index (χ2n) is 3.74. The van der Waals surface area contributed by atoms with E-state index < -0.39 is 0 Å². The van der Waals surface area contributed by atoms with Crippen molar-refractivity contribution in [3.05, 3.63) is 22.4 Å². The molecule has 2 rings (SSSR count). The summed E-state index contributed by atoms with van der Waals surface area (Å²) in [5.74, 6) is 0. The molecular formula is C10H14OS. The third kappa shape index (κ3) is 1.70. The number of rotatable bonds is 4. The van der Waals surface area contributed by atoms with E-state index >= 15 is 0 Å². The maximum Gasteiger partial charge on any atom is 0.0487 e. The number of aryl methyl sites for hydroxylation is 1. The van der Waals surface area contributed by atoms with E-state index in [0.29, 0.717) is 12.0 Å². The van der Waals surface area contributed by atoms with E-state index in [1.165, 1.54) is 24.1 Å². The van der Waals surface area contributed by atoms with Gasteiger partial charge in [0.15, 0.2) is 0 Å². The van der Waals surface area contributed by atoms with Crippen molar-refractivity contribution >= 4 is 11.3 Å². The van der Waals surface area contributed by atoms with Gasteiger partial charge >= 0.3 is 0 Å². The lowest BCUT2D eigenvalue weighted by Gasteiger charge is -2.09. The van der Waals surface area contributed by atoms with Crippen LogP contribution in [0.4, 0.5) is 0 Å². The lowest BCUT2D eigenvalue weighted by Crippen LogP contribution is -2.06. The third-order valence-electron chi connectivity index (χ3n) is 2.77. The summed E-state index contributed by atoms with van der Waals surface area (Å²) in [5, 5.41) is 11.2. The SMILES string of the molecule is OCC1(CCc2cccs2)CC1. The predicted octanol–water partition coefficient (Wildman–Crippen LogP) is 2.45. The highest BCUT2D eigenvalue weighted by Gasteiger charge is 2.41. The number of hydrogen-bond donors (Lipinski definition) is 1. The van der Waals surface area contributed by atoms with Crippen molar-refractivity contribution in [3.63, 3.8) is 0 Å². The Morgan fingerprint density at radius 1 is 1.50 bits per heavy atom. The lowest BCUT2D eigenvalue weighted by atomic mass is 10.0. The van der Waals surface area contributed by atoms with Gasteiger partial charge in [0.2, 0.25) is 0 Å². The molecule has 1 aromatic rings. The van der Waals surface area contributed by atoms with Crippen LogP contribution in [0.5, 0.6) is 0 Å². The molecule has 1 saturated carbocycles. The predicted molar refractivity (Wildman–Crippen MR) is 51.4 cm³/mol. The van der Waals surface area contributed by atoms with Gasteiger partial charge < -0.3 is 5.11 Å². The minimum absolute atomic E-state index is 0.323. The van der Waals surface area contributed by atoms with Crippen molar-refractivity contribution in [2.45, 2.75) is 25.7 Å². The van der Waals surface area contributed by atoms with Gasteiger partial charge in [-0.15, -0.1) is 11.3 Å². The molecule has 1 N–H and O–H groups in total. The van der Waals surface area contributed by atoms with Crippen LogP contribution in [0.25, 0.3) is 0 Å². The number of thiophene rings is 1. The molecule has 0 amide bonds. The third-order valence-corrected chi connectivity index (χ3v) is 3.71. The van der Waals surface area contributed by atoms with E-state index in [0.717, 1.165) is 6.42 Å². The Bertz CT molecular complexity index is 236. The van der Waals surface area contributed by atoms with Gasteiger partial charge in [-0.3, -0.25) is 0 Å². The Labute approximate surface area is 77.0 Å². The zero-order chi connectivity index (χ0) is 8.44. The van der Waals surface area contributed by atoms with Crippen LogP contribution in [0.1, 0.15) is 24.1 Å². The van der Waals surface area contributed by atoms with Gasteiger partial charge in [0, 0.05) is 11.5 Å². The van der Waals surface area contributed by atoms with Gasteiger partial charge in [-0.2, -0.15) is 0 Å². The minimum Gasteiger partial charge on any atom is -0.396 e. The van der Waals surface area contributed by atoms with Crippen LogP contribution in [-0.2, 0) is 6.42 Å². The first-order chi connectivity index (χ1) is 5.85. The van der Waals surface area contributed by atoms with Crippen LogP contribution in [0.15, 0.2) is 17.5 Å². The molecule has 0 radical (unpaired) electrons. The lowest BCUT2D eigenvalue weighted by molar-refractivity contribution is 0.203. The molecule has 2 heteroatoms. The van der Waals surface area contributed by atoms with Crippen molar-refractivity contribution in [2.24, 2.45) is 5.41 Å². The summed E-state index contributed by atoms with van der Waals surface area (Å²) < 4.78 is 0. The van der Waals surface area contributed by atoms with Gasteiger partial charge in [-0.1, -0.05) is 6.07 Å². The summed E-state index contributed by atoms with van der Waals surface area (Å²) in [4.78, 5) is 1.45. The quantitative estimate of drug-likeness (QED) is 0.758. The van der Waals surface area contributed by atoms with Gasteiger partial charge in [0.05, 0.1) is 0 Å². The molecule has 12 heavy (non-hydrogen) atoms. The van der Waals surface area contributed by atoms with E-state index in [4.69, 9.17) is 5.11 Å². The first kappa shape index (κ1) is 8.27. The van der Waals surface area contributed by atoms with Crippen molar-refractivity contribution in [1.82, 2.24) is 0 Å². The largest absolute Gasteiger partial charge is 0.396 e. The molecule has 0 bridgehead atoms. The topological polar surface area (TPSA) is 20.2 Å². The Morgan fingerprint density at radius 2 is 2.33 bits per heavy atom. The molecule has 1 nitrogen and oxygen atoms in total. The van der Waals surface area contributed by atoms with Crippen molar-refractivity contribution < 1.29 is 5.11 Å². The van der Waals surface area contributed by atoms with Gasteiger partial charge in [0.1, 0.15) is 0 Å². The van der Waals surface area contributed by atoms with Crippen molar-refractivity contribution in [3.8, 4) is 0 Å². The van der Waals surface area contributed by atoms with E-state index in [-0.39, 0.29) is 0 Å². The molecule has 1 fully saturated rings. The fourth-order valence-electron chi connectivity index (χ4n) is 1.51. The standard InChI is InChI=1S/C10H14OS/c11-8-10(5-6-10)4-3-9-2-1-7-12-9/h1-2,7,11H,3-6,8H2. The van der Waals surface area contributed by atoms with Crippen molar-refractivity contribution in [1.29, 1.82) is 0 Å². The van der Waals surface area contributed by atoms with Gasteiger partial charge in [-0.25, -0.2) is 0 Å². The Morgan fingerprint density at radius 3 is 2.83 bits per heavy atom. The molecule has 0 unspecified atom stereocenters. The highest BCUT2D eigenvalue weighted by atomic mass is 32.1. The monoisotopic (exact) mass is 182 g/mol. The summed E-state index contributed by atoms with van der Waals surface area (Å²) in [5.41, 5.74) is 0.323. The summed E-state index contributed by atoms with van der Waals surface area (Å²) in [6.07, 6.45) is 4.78. The minimum atomic E-state index is 0.323. The average Bonchev–Trinajstić information content (AvgIpc) is 2.70. The molecule has 0 spiro atoms. The first-order valence-electron chi connectivity index (χ1n) is 4.48. The molecular weight excluding hydrogens is 168 g/mol. The zero-order valence-corrected chi connectivity index (χ0v) is 7.94. The zero-order valence-electron chi connectivity index (χ0n) is 7.12. The Balaban J connectivity index is 1.83. The second kappa shape index (κ2) is 3.19. The molecule has 66 valence electrons. The van der Waals surface area contributed by atoms with E-state index in [2.05, 4.69) is 17.5 Å². The Hall–Kier alpha value is -0.340. The maximum atomic E-state index is 9.09. The summed E-state index contributed by atoms with van der Waals surface area (Å²) in [7, 11) is 0. The van der Waals surface area contributed by atoms with Crippen LogP contribution >= 0.6 is 11.3 Å². The van der Waals surface area contributed by atoms with Gasteiger partial charge in [0.25, 0.3) is 0 Å². The van der Waals surface area contributed by atoms with E-state index in [1.807, 2.05) is 11.3 Å². The summed E-state index contributed by atoms with van der Waals surface area (Å²) in [6.45, 7) is 0.387.